The molecule has 2 nitrogen and oxygen atoms in total. The van der Waals surface area contributed by atoms with Crippen LogP contribution in [0.1, 0.15) is 11.1 Å². The van der Waals surface area contributed by atoms with Crippen LogP contribution in [-0.2, 0) is 6.61 Å². The van der Waals surface area contributed by atoms with Gasteiger partial charge in [0.1, 0.15) is 12.4 Å². The van der Waals surface area contributed by atoms with Crippen molar-refractivity contribution in [3.05, 3.63) is 71.8 Å². The Kier molecular flexibility index (Phi) is 3.30. The largest absolute Gasteiger partial charge is 0.489 e. The van der Waals surface area contributed by atoms with E-state index in [-0.39, 0.29) is 0 Å². The maximum Gasteiger partial charge on any atom is 0.124 e. The number of nitrogen functional groups attached to an aromatic ring is 1. The summed E-state index contributed by atoms with van der Waals surface area (Å²) in [6, 6.07) is 20.4. The molecule has 3 rings (SSSR count). The highest BCUT2D eigenvalue weighted by molar-refractivity contribution is 5.85. The van der Waals surface area contributed by atoms with E-state index < -0.39 is 0 Å². The lowest BCUT2D eigenvalue weighted by molar-refractivity contribution is 0.306. The Hall–Kier alpha value is -2.48. The van der Waals surface area contributed by atoms with E-state index in [1.807, 2.05) is 25.1 Å². The third kappa shape index (κ3) is 2.45. The molecule has 0 aromatic heterocycles. The Morgan fingerprint density at radius 1 is 0.950 bits per heavy atom. The average molecular weight is 263 g/mol. The Morgan fingerprint density at radius 2 is 1.75 bits per heavy atom. The summed E-state index contributed by atoms with van der Waals surface area (Å²) in [6.45, 7) is 2.57. The highest BCUT2D eigenvalue weighted by atomic mass is 16.5. The first-order chi connectivity index (χ1) is 9.74. The second-order valence-electron chi connectivity index (χ2n) is 4.95. The molecule has 0 aliphatic rings. The summed E-state index contributed by atoms with van der Waals surface area (Å²) in [6.07, 6.45) is 0. The molecule has 20 heavy (non-hydrogen) atoms. The molecule has 2 N–H and O–H groups in total. The second kappa shape index (κ2) is 5.25. The van der Waals surface area contributed by atoms with Crippen molar-refractivity contribution in [2.45, 2.75) is 13.5 Å². The molecular formula is C18H17NO. The van der Waals surface area contributed by atoms with Gasteiger partial charge in [-0.15, -0.1) is 0 Å². The van der Waals surface area contributed by atoms with E-state index in [9.17, 15) is 0 Å². The first-order valence-electron chi connectivity index (χ1n) is 6.69. The molecule has 0 heterocycles. The van der Waals surface area contributed by atoms with Crippen molar-refractivity contribution in [1.82, 2.24) is 0 Å². The van der Waals surface area contributed by atoms with E-state index in [2.05, 4.69) is 42.5 Å². The fourth-order valence-electron chi connectivity index (χ4n) is 2.35. The third-order valence-corrected chi connectivity index (χ3v) is 3.48. The predicted octanol–water partition coefficient (Wildman–Crippen LogP) is 4.31. The molecule has 0 aliphatic carbocycles. The molecule has 3 aromatic carbocycles. The minimum absolute atomic E-state index is 0.547. The Balaban J connectivity index is 1.89. The molecule has 3 aromatic rings. The van der Waals surface area contributed by atoms with Crippen molar-refractivity contribution in [3.63, 3.8) is 0 Å². The van der Waals surface area contributed by atoms with Gasteiger partial charge in [0, 0.05) is 11.8 Å². The monoisotopic (exact) mass is 263 g/mol. The van der Waals surface area contributed by atoms with Crippen LogP contribution in [0.5, 0.6) is 5.75 Å². The molecule has 0 saturated heterocycles. The van der Waals surface area contributed by atoms with E-state index in [4.69, 9.17) is 10.5 Å². The molecule has 0 aliphatic heterocycles. The maximum atomic E-state index is 5.93. The quantitative estimate of drug-likeness (QED) is 0.715. The molecule has 0 unspecified atom stereocenters. The van der Waals surface area contributed by atoms with Gasteiger partial charge < -0.3 is 10.5 Å². The highest BCUT2D eigenvalue weighted by Gasteiger charge is 2.04. The molecule has 0 spiro atoms. The minimum atomic E-state index is 0.547. The number of anilines is 1. The summed E-state index contributed by atoms with van der Waals surface area (Å²) in [4.78, 5) is 0. The normalized spacial score (nSPS) is 10.7. The average Bonchev–Trinajstić information content (AvgIpc) is 2.48. The summed E-state index contributed by atoms with van der Waals surface area (Å²) in [7, 11) is 0. The second-order valence-corrected chi connectivity index (χ2v) is 4.95. The van der Waals surface area contributed by atoms with Gasteiger partial charge in [-0.1, -0.05) is 48.5 Å². The number of hydrogen-bond acceptors (Lipinski definition) is 2. The summed E-state index contributed by atoms with van der Waals surface area (Å²) < 4.78 is 5.93. The van der Waals surface area contributed by atoms with Gasteiger partial charge in [-0.3, -0.25) is 0 Å². The van der Waals surface area contributed by atoms with E-state index in [1.54, 1.807) is 0 Å². The maximum absolute atomic E-state index is 5.93. The van der Waals surface area contributed by atoms with Crippen molar-refractivity contribution in [3.8, 4) is 5.75 Å². The molecule has 0 atom stereocenters. The zero-order valence-corrected chi connectivity index (χ0v) is 11.5. The van der Waals surface area contributed by atoms with Gasteiger partial charge in [0.2, 0.25) is 0 Å². The van der Waals surface area contributed by atoms with Crippen LogP contribution in [0.15, 0.2) is 60.7 Å². The number of fused-ring (bicyclic) bond motifs is 1. The van der Waals surface area contributed by atoms with Crippen LogP contribution < -0.4 is 10.5 Å². The predicted molar refractivity (Wildman–Crippen MR) is 83.9 cm³/mol. The SMILES string of the molecule is Cc1ccc(N)cc1OCc1cccc2ccccc12. The van der Waals surface area contributed by atoms with Crippen molar-refractivity contribution in [2.75, 3.05) is 5.73 Å². The van der Waals surface area contributed by atoms with E-state index in [0.29, 0.717) is 6.61 Å². The first-order valence-corrected chi connectivity index (χ1v) is 6.69. The molecular weight excluding hydrogens is 246 g/mol. The van der Waals surface area contributed by atoms with Gasteiger partial charge in [-0.2, -0.15) is 0 Å². The number of nitrogens with two attached hydrogens (primary N) is 1. The molecule has 0 saturated carbocycles. The van der Waals surface area contributed by atoms with Gasteiger partial charge >= 0.3 is 0 Å². The summed E-state index contributed by atoms with van der Waals surface area (Å²) >= 11 is 0. The summed E-state index contributed by atoms with van der Waals surface area (Å²) in [5.74, 6) is 0.845. The van der Waals surface area contributed by atoms with Crippen LogP contribution in [-0.4, -0.2) is 0 Å². The van der Waals surface area contributed by atoms with Crippen molar-refractivity contribution >= 4 is 16.5 Å². The van der Waals surface area contributed by atoms with Crippen LogP contribution in [0.2, 0.25) is 0 Å². The van der Waals surface area contributed by atoms with E-state index >= 15 is 0 Å². The van der Waals surface area contributed by atoms with E-state index in [0.717, 1.165) is 17.0 Å². The smallest absolute Gasteiger partial charge is 0.124 e. The lowest BCUT2D eigenvalue weighted by atomic mass is 10.1. The summed E-state index contributed by atoms with van der Waals surface area (Å²) in [5.41, 5.74) is 8.81. The molecule has 2 heteroatoms. The van der Waals surface area contributed by atoms with Crippen LogP contribution in [0.3, 0.4) is 0 Å². The Bertz CT molecular complexity index is 744. The van der Waals surface area contributed by atoms with Crippen molar-refractivity contribution in [2.24, 2.45) is 0 Å². The number of rotatable bonds is 3. The molecule has 0 bridgehead atoms. The standard InChI is InChI=1S/C18H17NO/c1-13-9-10-16(19)11-18(13)20-12-15-7-4-6-14-5-2-3-8-17(14)15/h2-11H,12,19H2,1H3. The fourth-order valence-corrected chi connectivity index (χ4v) is 2.35. The summed E-state index contributed by atoms with van der Waals surface area (Å²) in [5, 5.41) is 2.47. The van der Waals surface area contributed by atoms with Gasteiger partial charge in [0.25, 0.3) is 0 Å². The van der Waals surface area contributed by atoms with Gasteiger partial charge in [0.15, 0.2) is 0 Å². The van der Waals surface area contributed by atoms with Gasteiger partial charge in [-0.05, 0) is 34.9 Å². The molecule has 0 amide bonds. The molecule has 0 fully saturated rings. The van der Waals surface area contributed by atoms with Gasteiger partial charge in [-0.25, -0.2) is 0 Å². The van der Waals surface area contributed by atoms with Crippen molar-refractivity contribution < 1.29 is 4.74 Å². The number of hydrogen-bond donors (Lipinski definition) is 1. The van der Waals surface area contributed by atoms with Crippen LogP contribution >= 0.6 is 0 Å². The zero-order valence-electron chi connectivity index (χ0n) is 11.5. The lowest BCUT2D eigenvalue weighted by Gasteiger charge is -2.11. The van der Waals surface area contributed by atoms with Crippen LogP contribution in [0.4, 0.5) is 5.69 Å². The number of ether oxygens (including phenoxy) is 1. The van der Waals surface area contributed by atoms with E-state index in [1.165, 1.54) is 16.3 Å². The van der Waals surface area contributed by atoms with Gasteiger partial charge in [0.05, 0.1) is 0 Å². The minimum Gasteiger partial charge on any atom is -0.489 e. The van der Waals surface area contributed by atoms with Crippen LogP contribution in [0, 0.1) is 6.92 Å². The third-order valence-electron chi connectivity index (χ3n) is 3.48. The topological polar surface area (TPSA) is 35.2 Å². The molecule has 100 valence electrons. The highest BCUT2D eigenvalue weighted by Crippen LogP contribution is 2.24. The number of aryl methyl sites for hydroxylation is 1. The first kappa shape index (κ1) is 12.5. The van der Waals surface area contributed by atoms with Crippen LogP contribution in [0.25, 0.3) is 10.8 Å². The molecule has 0 radical (unpaired) electrons. The van der Waals surface area contributed by atoms with Crippen molar-refractivity contribution in [1.29, 1.82) is 0 Å². The Morgan fingerprint density at radius 3 is 2.65 bits per heavy atom. The Labute approximate surface area is 118 Å². The zero-order chi connectivity index (χ0) is 13.9. The number of benzene rings is 3. The fraction of sp³-hybridized carbons (Fsp3) is 0.111. The lowest BCUT2D eigenvalue weighted by Crippen LogP contribution is -1.98.